The molecule has 0 bridgehead atoms. The summed E-state index contributed by atoms with van der Waals surface area (Å²) in [5, 5.41) is 13.4. The highest BCUT2D eigenvalue weighted by Gasteiger charge is 2.21. The molecule has 1 saturated heterocycles. The van der Waals surface area contributed by atoms with Crippen LogP contribution in [0.15, 0.2) is 18.2 Å². The molecular formula is C15H23NO. The van der Waals surface area contributed by atoms with Crippen molar-refractivity contribution in [3.8, 4) is 0 Å². The first-order chi connectivity index (χ1) is 8.16. The van der Waals surface area contributed by atoms with E-state index in [9.17, 15) is 5.11 Å². The third kappa shape index (κ3) is 3.30. The second-order valence-corrected chi connectivity index (χ2v) is 5.23. The lowest BCUT2D eigenvalue weighted by Gasteiger charge is -2.18. The number of rotatable bonds is 4. The molecule has 0 spiro atoms. The highest BCUT2D eigenvalue weighted by molar-refractivity contribution is 5.29. The van der Waals surface area contributed by atoms with E-state index in [4.69, 9.17) is 0 Å². The van der Waals surface area contributed by atoms with Gasteiger partial charge in [-0.05, 0) is 62.8 Å². The fraction of sp³-hybridized carbons (Fsp3) is 0.600. The number of hydrogen-bond acceptors (Lipinski definition) is 2. The molecule has 1 aliphatic heterocycles. The van der Waals surface area contributed by atoms with Gasteiger partial charge in [-0.1, -0.05) is 18.2 Å². The van der Waals surface area contributed by atoms with E-state index in [0.717, 1.165) is 25.8 Å². The summed E-state index contributed by atoms with van der Waals surface area (Å²) in [7, 11) is 0. The van der Waals surface area contributed by atoms with Crippen LogP contribution >= 0.6 is 0 Å². The first kappa shape index (κ1) is 12.6. The smallest absolute Gasteiger partial charge is 0.0696 e. The second-order valence-electron chi connectivity index (χ2n) is 5.23. The van der Waals surface area contributed by atoms with Crippen LogP contribution in [0.4, 0.5) is 0 Å². The third-order valence-corrected chi connectivity index (χ3v) is 3.86. The standard InChI is InChI=1S/C15H23NO/c1-11-5-6-13(10-12(11)2)7-8-15(17)14-4-3-9-16-14/h5-6,10,14-17H,3-4,7-9H2,1-2H3. The van der Waals surface area contributed by atoms with Crippen LogP contribution in [0.3, 0.4) is 0 Å². The molecule has 0 saturated carbocycles. The van der Waals surface area contributed by atoms with Crippen molar-refractivity contribution in [3.63, 3.8) is 0 Å². The Morgan fingerprint density at radius 3 is 2.82 bits per heavy atom. The van der Waals surface area contributed by atoms with Crippen LogP contribution in [-0.4, -0.2) is 23.8 Å². The third-order valence-electron chi connectivity index (χ3n) is 3.86. The molecule has 1 aromatic carbocycles. The van der Waals surface area contributed by atoms with Gasteiger partial charge in [0.25, 0.3) is 0 Å². The topological polar surface area (TPSA) is 32.3 Å². The summed E-state index contributed by atoms with van der Waals surface area (Å²) in [5.41, 5.74) is 4.02. The maximum Gasteiger partial charge on any atom is 0.0696 e. The molecule has 0 radical (unpaired) electrons. The first-order valence-electron chi connectivity index (χ1n) is 6.64. The fourth-order valence-electron chi connectivity index (χ4n) is 2.51. The molecule has 1 fully saturated rings. The van der Waals surface area contributed by atoms with Crippen molar-refractivity contribution >= 4 is 0 Å². The minimum atomic E-state index is -0.195. The van der Waals surface area contributed by atoms with Crippen molar-refractivity contribution in [3.05, 3.63) is 34.9 Å². The molecule has 1 aliphatic rings. The zero-order valence-corrected chi connectivity index (χ0v) is 10.9. The van der Waals surface area contributed by atoms with Gasteiger partial charge in [0.05, 0.1) is 6.10 Å². The Morgan fingerprint density at radius 1 is 1.35 bits per heavy atom. The molecular weight excluding hydrogens is 210 g/mol. The van der Waals surface area contributed by atoms with Gasteiger partial charge in [0.1, 0.15) is 0 Å². The van der Waals surface area contributed by atoms with Crippen LogP contribution in [0, 0.1) is 13.8 Å². The van der Waals surface area contributed by atoms with E-state index in [0.29, 0.717) is 6.04 Å². The Balaban J connectivity index is 1.86. The Labute approximate surface area is 104 Å². The Hall–Kier alpha value is -0.860. The van der Waals surface area contributed by atoms with E-state index in [2.05, 4.69) is 37.4 Å². The molecule has 0 aliphatic carbocycles. The zero-order chi connectivity index (χ0) is 12.3. The monoisotopic (exact) mass is 233 g/mol. The van der Waals surface area contributed by atoms with Gasteiger partial charge in [0.15, 0.2) is 0 Å². The summed E-state index contributed by atoms with van der Waals surface area (Å²) in [4.78, 5) is 0. The Bertz CT molecular complexity index is 369. The van der Waals surface area contributed by atoms with Gasteiger partial charge in [-0.2, -0.15) is 0 Å². The van der Waals surface area contributed by atoms with Crippen LogP contribution < -0.4 is 5.32 Å². The second kappa shape index (κ2) is 5.65. The molecule has 2 heteroatoms. The van der Waals surface area contributed by atoms with Crippen molar-refractivity contribution < 1.29 is 5.11 Å². The highest BCUT2D eigenvalue weighted by atomic mass is 16.3. The van der Waals surface area contributed by atoms with Crippen LogP contribution in [0.5, 0.6) is 0 Å². The lowest BCUT2D eigenvalue weighted by atomic mass is 9.98. The quantitative estimate of drug-likeness (QED) is 0.836. The summed E-state index contributed by atoms with van der Waals surface area (Å²) in [6, 6.07) is 6.91. The zero-order valence-electron chi connectivity index (χ0n) is 10.9. The number of nitrogens with one attached hydrogen (secondary N) is 1. The molecule has 2 rings (SSSR count). The largest absolute Gasteiger partial charge is 0.391 e. The number of aliphatic hydroxyl groups excluding tert-OH is 1. The Morgan fingerprint density at radius 2 is 2.18 bits per heavy atom. The van der Waals surface area contributed by atoms with Crippen LogP contribution in [0.1, 0.15) is 36.0 Å². The minimum Gasteiger partial charge on any atom is -0.391 e. The van der Waals surface area contributed by atoms with E-state index in [1.807, 2.05) is 0 Å². The normalized spacial score (nSPS) is 21.7. The van der Waals surface area contributed by atoms with Gasteiger partial charge in [-0.25, -0.2) is 0 Å². The average Bonchev–Trinajstić information content (AvgIpc) is 2.84. The van der Waals surface area contributed by atoms with Gasteiger partial charge >= 0.3 is 0 Å². The summed E-state index contributed by atoms with van der Waals surface area (Å²) in [6.45, 7) is 5.34. The maximum atomic E-state index is 10.1. The average molecular weight is 233 g/mol. The first-order valence-corrected chi connectivity index (χ1v) is 6.64. The Kier molecular flexibility index (Phi) is 4.19. The van der Waals surface area contributed by atoms with Crippen molar-refractivity contribution in [1.29, 1.82) is 0 Å². The van der Waals surface area contributed by atoms with Gasteiger partial charge in [-0.15, -0.1) is 0 Å². The molecule has 0 aromatic heterocycles. The SMILES string of the molecule is Cc1ccc(CCC(O)C2CCCN2)cc1C. The number of aryl methyl sites for hydroxylation is 3. The molecule has 17 heavy (non-hydrogen) atoms. The molecule has 2 nitrogen and oxygen atoms in total. The number of hydrogen-bond donors (Lipinski definition) is 2. The predicted octanol–water partition coefficient (Wildman–Crippen LogP) is 2.35. The van der Waals surface area contributed by atoms with Gasteiger partial charge in [0, 0.05) is 6.04 Å². The number of aliphatic hydroxyl groups is 1. The van der Waals surface area contributed by atoms with Gasteiger partial charge < -0.3 is 10.4 Å². The van der Waals surface area contributed by atoms with Crippen LogP contribution in [0.25, 0.3) is 0 Å². The summed E-state index contributed by atoms with van der Waals surface area (Å²) in [6.07, 6.45) is 3.96. The van der Waals surface area contributed by atoms with E-state index >= 15 is 0 Å². The maximum absolute atomic E-state index is 10.1. The summed E-state index contributed by atoms with van der Waals surface area (Å²) >= 11 is 0. The molecule has 94 valence electrons. The van der Waals surface area contributed by atoms with E-state index in [-0.39, 0.29) is 6.10 Å². The van der Waals surface area contributed by atoms with Crippen molar-refractivity contribution in [2.45, 2.75) is 51.7 Å². The van der Waals surface area contributed by atoms with E-state index in [1.54, 1.807) is 0 Å². The minimum absolute atomic E-state index is 0.195. The molecule has 2 unspecified atom stereocenters. The van der Waals surface area contributed by atoms with Crippen molar-refractivity contribution in [2.75, 3.05) is 6.54 Å². The van der Waals surface area contributed by atoms with E-state index < -0.39 is 0 Å². The molecule has 2 N–H and O–H groups in total. The van der Waals surface area contributed by atoms with Crippen LogP contribution in [-0.2, 0) is 6.42 Å². The molecule has 0 amide bonds. The van der Waals surface area contributed by atoms with Gasteiger partial charge in [-0.3, -0.25) is 0 Å². The predicted molar refractivity (Wildman–Crippen MR) is 71.3 cm³/mol. The number of benzene rings is 1. The van der Waals surface area contributed by atoms with Crippen LogP contribution in [0.2, 0.25) is 0 Å². The molecule has 1 heterocycles. The van der Waals surface area contributed by atoms with Gasteiger partial charge in [0.2, 0.25) is 0 Å². The van der Waals surface area contributed by atoms with Crippen molar-refractivity contribution in [2.24, 2.45) is 0 Å². The molecule has 1 aromatic rings. The fourth-order valence-corrected chi connectivity index (χ4v) is 2.51. The van der Waals surface area contributed by atoms with Crippen molar-refractivity contribution in [1.82, 2.24) is 5.32 Å². The van der Waals surface area contributed by atoms with E-state index in [1.165, 1.54) is 23.1 Å². The summed E-state index contributed by atoms with van der Waals surface area (Å²) in [5.74, 6) is 0. The summed E-state index contributed by atoms with van der Waals surface area (Å²) < 4.78 is 0. The lowest BCUT2D eigenvalue weighted by molar-refractivity contribution is 0.127. The molecule has 2 atom stereocenters. The lowest BCUT2D eigenvalue weighted by Crippen LogP contribution is -2.34. The highest BCUT2D eigenvalue weighted by Crippen LogP contribution is 2.16.